The summed E-state index contributed by atoms with van der Waals surface area (Å²) in [5.74, 6) is -0.355. The monoisotopic (exact) mass is 236 g/mol. The molecule has 1 aromatic carbocycles. The van der Waals surface area contributed by atoms with E-state index in [-0.39, 0.29) is 11.8 Å². The van der Waals surface area contributed by atoms with Crippen LogP contribution in [0.3, 0.4) is 0 Å². The number of guanidine groups is 1. The first kappa shape index (κ1) is 13.2. The van der Waals surface area contributed by atoms with Crippen LogP contribution in [-0.4, -0.2) is 11.7 Å². The summed E-state index contributed by atoms with van der Waals surface area (Å²) in [6, 6.07) is 6.14. The SMILES string of the molecule is CCCC/C(=N/N=C(N)N)c1ccc(F)cc1. The van der Waals surface area contributed by atoms with Gasteiger partial charge >= 0.3 is 0 Å². The second-order valence-electron chi connectivity index (χ2n) is 3.68. The molecule has 0 atom stereocenters. The molecule has 1 aromatic rings. The van der Waals surface area contributed by atoms with E-state index in [1.165, 1.54) is 12.1 Å². The van der Waals surface area contributed by atoms with Crippen molar-refractivity contribution in [3.8, 4) is 0 Å². The summed E-state index contributed by atoms with van der Waals surface area (Å²) < 4.78 is 12.8. The Labute approximate surface area is 100 Å². The largest absolute Gasteiger partial charge is 0.369 e. The van der Waals surface area contributed by atoms with Crippen molar-refractivity contribution < 1.29 is 4.39 Å². The predicted octanol–water partition coefficient (Wildman–Crippen LogP) is 1.99. The predicted molar refractivity (Wildman–Crippen MR) is 68.3 cm³/mol. The molecule has 1 rings (SSSR count). The molecule has 0 saturated heterocycles. The van der Waals surface area contributed by atoms with Gasteiger partial charge in [-0.2, -0.15) is 5.10 Å². The van der Waals surface area contributed by atoms with Crippen molar-refractivity contribution in [2.24, 2.45) is 21.7 Å². The zero-order valence-electron chi connectivity index (χ0n) is 9.86. The van der Waals surface area contributed by atoms with E-state index in [0.717, 1.165) is 30.5 Å². The Bertz CT molecular complexity index is 405. The number of hydrogen-bond donors (Lipinski definition) is 2. The van der Waals surface area contributed by atoms with Gasteiger partial charge in [0.1, 0.15) is 5.82 Å². The first-order valence-corrected chi connectivity index (χ1v) is 5.55. The first-order valence-electron chi connectivity index (χ1n) is 5.55. The highest BCUT2D eigenvalue weighted by Crippen LogP contribution is 2.10. The molecule has 0 saturated carbocycles. The molecule has 0 heterocycles. The summed E-state index contributed by atoms with van der Waals surface area (Å²) in [4.78, 5) is 0. The standard InChI is InChI=1S/C12H17FN4/c1-2-3-4-11(16-17-12(14)15)9-5-7-10(13)8-6-9/h5-8H,2-4H2,1H3,(H4,14,15,17)/b16-11-. The Balaban J connectivity index is 2.93. The average molecular weight is 236 g/mol. The fourth-order valence-electron chi connectivity index (χ4n) is 1.36. The number of rotatable bonds is 5. The molecule has 0 amide bonds. The molecule has 0 aliphatic carbocycles. The molecular formula is C12H17FN4. The van der Waals surface area contributed by atoms with Crippen LogP contribution in [0.5, 0.6) is 0 Å². The van der Waals surface area contributed by atoms with E-state index in [1.807, 2.05) is 0 Å². The van der Waals surface area contributed by atoms with Gasteiger partial charge in [0.2, 0.25) is 5.96 Å². The molecule has 0 unspecified atom stereocenters. The van der Waals surface area contributed by atoms with Crippen molar-refractivity contribution in [1.82, 2.24) is 0 Å². The molecule has 0 aliphatic heterocycles. The molecule has 17 heavy (non-hydrogen) atoms. The van der Waals surface area contributed by atoms with Gasteiger partial charge in [-0.25, -0.2) is 4.39 Å². The van der Waals surface area contributed by atoms with Gasteiger partial charge in [0.25, 0.3) is 0 Å². The molecular weight excluding hydrogens is 219 g/mol. The third-order valence-corrected chi connectivity index (χ3v) is 2.23. The van der Waals surface area contributed by atoms with Gasteiger partial charge in [0.15, 0.2) is 0 Å². The quantitative estimate of drug-likeness (QED) is 0.466. The van der Waals surface area contributed by atoms with Crippen LogP contribution < -0.4 is 11.5 Å². The van der Waals surface area contributed by atoms with Crippen molar-refractivity contribution in [3.63, 3.8) is 0 Å². The molecule has 5 heteroatoms. The minimum atomic E-state index is -0.273. The van der Waals surface area contributed by atoms with Crippen LogP contribution in [0, 0.1) is 5.82 Å². The minimum absolute atomic E-state index is 0.0823. The van der Waals surface area contributed by atoms with Gasteiger partial charge in [-0.1, -0.05) is 25.5 Å². The summed E-state index contributed by atoms with van der Waals surface area (Å²) in [5.41, 5.74) is 12.1. The highest BCUT2D eigenvalue weighted by atomic mass is 19.1. The van der Waals surface area contributed by atoms with E-state index in [0.29, 0.717) is 0 Å². The Morgan fingerprint density at radius 1 is 1.18 bits per heavy atom. The summed E-state index contributed by atoms with van der Waals surface area (Å²) >= 11 is 0. The lowest BCUT2D eigenvalue weighted by Crippen LogP contribution is -2.22. The number of hydrogen-bond acceptors (Lipinski definition) is 2. The van der Waals surface area contributed by atoms with Crippen LogP contribution in [0.1, 0.15) is 31.7 Å². The van der Waals surface area contributed by atoms with E-state index >= 15 is 0 Å². The Morgan fingerprint density at radius 2 is 1.82 bits per heavy atom. The van der Waals surface area contributed by atoms with Gasteiger partial charge < -0.3 is 11.5 Å². The number of unbranched alkanes of at least 4 members (excludes halogenated alkanes) is 1. The average Bonchev–Trinajstić information content (AvgIpc) is 2.30. The lowest BCUT2D eigenvalue weighted by molar-refractivity contribution is 0.627. The maximum Gasteiger partial charge on any atom is 0.211 e. The summed E-state index contributed by atoms with van der Waals surface area (Å²) in [6.07, 6.45) is 2.79. The summed E-state index contributed by atoms with van der Waals surface area (Å²) in [6.45, 7) is 2.09. The maximum absolute atomic E-state index is 12.8. The van der Waals surface area contributed by atoms with Crippen molar-refractivity contribution in [1.29, 1.82) is 0 Å². The first-order chi connectivity index (χ1) is 8.13. The van der Waals surface area contributed by atoms with Crippen molar-refractivity contribution in [2.45, 2.75) is 26.2 Å². The van der Waals surface area contributed by atoms with E-state index in [4.69, 9.17) is 11.5 Å². The van der Waals surface area contributed by atoms with E-state index in [1.54, 1.807) is 12.1 Å². The van der Waals surface area contributed by atoms with Crippen LogP contribution >= 0.6 is 0 Å². The normalized spacial score (nSPS) is 11.3. The third kappa shape index (κ3) is 4.63. The summed E-state index contributed by atoms with van der Waals surface area (Å²) in [7, 11) is 0. The number of nitrogens with two attached hydrogens (primary N) is 2. The van der Waals surface area contributed by atoms with Gasteiger partial charge in [-0.3, -0.25) is 0 Å². The molecule has 0 aliphatic rings. The lowest BCUT2D eigenvalue weighted by Gasteiger charge is -2.04. The van der Waals surface area contributed by atoms with Crippen molar-refractivity contribution in [2.75, 3.05) is 0 Å². The fraction of sp³-hybridized carbons (Fsp3) is 0.333. The Hall–Kier alpha value is -1.91. The third-order valence-electron chi connectivity index (χ3n) is 2.23. The second kappa shape index (κ2) is 6.62. The maximum atomic E-state index is 12.8. The van der Waals surface area contributed by atoms with Gasteiger partial charge in [-0.15, -0.1) is 5.10 Å². The highest BCUT2D eigenvalue weighted by Gasteiger charge is 2.03. The molecule has 92 valence electrons. The number of halogens is 1. The Morgan fingerprint density at radius 3 is 2.35 bits per heavy atom. The molecule has 0 spiro atoms. The number of benzene rings is 1. The highest BCUT2D eigenvalue weighted by molar-refractivity contribution is 6.00. The second-order valence-corrected chi connectivity index (χ2v) is 3.68. The minimum Gasteiger partial charge on any atom is -0.369 e. The summed E-state index contributed by atoms with van der Waals surface area (Å²) in [5, 5.41) is 7.64. The molecule has 4 N–H and O–H groups in total. The smallest absolute Gasteiger partial charge is 0.211 e. The van der Waals surface area contributed by atoms with E-state index in [9.17, 15) is 4.39 Å². The van der Waals surface area contributed by atoms with Crippen LogP contribution in [0.4, 0.5) is 4.39 Å². The van der Waals surface area contributed by atoms with Gasteiger partial charge in [-0.05, 0) is 30.5 Å². The fourth-order valence-corrected chi connectivity index (χ4v) is 1.36. The van der Waals surface area contributed by atoms with Crippen LogP contribution in [0.2, 0.25) is 0 Å². The van der Waals surface area contributed by atoms with Gasteiger partial charge in [0, 0.05) is 0 Å². The van der Waals surface area contributed by atoms with Crippen molar-refractivity contribution >= 4 is 11.7 Å². The topological polar surface area (TPSA) is 76.8 Å². The number of nitrogens with zero attached hydrogens (tertiary/aromatic N) is 2. The molecule has 0 radical (unpaired) electrons. The zero-order valence-corrected chi connectivity index (χ0v) is 9.86. The molecule has 0 fully saturated rings. The van der Waals surface area contributed by atoms with E-state index in [2.05, 4.69) is 17.1 Å². The molecule has 0 bridgehead atoms. The molecule has 4 nitrogen and oxygen atoms in total. The Kier molecular flexibility index (Phi) is 5.13. The lowest BCUT2D eigenvalue weighted by atomic mass is 10.1. The van der Waals surface area contributed by atoms with Crippen LogP contribution in [0.15, 0.2) is 34.5 Å². The molecule has 0 aromatic heterocycles. The van der Waals surface area contributed by atoms with Gasteiger partial charge in [0.05, 0.1) is 5.71 Å². The van der Waals surface area contributed by atoms with E-state index < -0.39 is 0 Å². The van der Waals surface area contributed by atoms with Crippen molar-refractivity contribution in [3.05, 3.63) is 35.6 Å². The van der Waals surface area contributed by atoms with Crippen LogP contribution in [0.25, 0.3) is 0 Å². The zero-order chi connectivity index (χ0) is 12.7. The van der Waals surface area contributed by atoms with Crippen LogP contribution in [-0.2, 0) is 0 Å².